The first-order chi connectivity index (χ1) is 6.83. The lowest BCUT2D eigenvalue weighted by molar-refractivity contribution is 0.267. The molecule has 0 saturated heterocycles. The Balaban J connectivity index is 2.47. The molecule has 0 N–H and O–H groups in total. The van der Waals surface area contributed by atoms with Crippen LogP contribution in [0.2, 0.25) is 0 Å². The second kappa shape index (κ2) is 3.84. The van der Waals surface area contributed by atoms with Gasteiger partial charge >= 0.3 is 6.47 Å². The topological polar surface area (TPSA) is 39.4 Å². The van der Waals surface area contributed by atoms with Crippen molar-refractivity contribution in [1.29, 1.82) is 0 Å². The molecule has 1 heterocycles. The van der Waals surface area contributed by atoms with E-state index in [-0.39, 0.29) is 6.61 Å². The monoisotopic (exact) mass is 253 g/mol. The standard InChI is InChI=1S/C10H6BrO3/c11-9-3-1-2-8-7(4-13-6-12)5-14-10(8)9/h1-3,5H,4H2. The van der Waals surface area contributed by atoms with Gasteiger partial charge in [0.05, 0.1) is 10.7 Å². The number of benzene rings is 1. The first-order valence-electron chi connectivity index (χ1n) is 3.96. The Morgan fingerprint density at radius 3 is 3.14 bits per heavy atom. The molecule has 1 radical (unpaired) electrons. The van der Waals surface area contributed by atoms with E-state index in [0.29, 0.717) is 0 Å². The van der Waals surface area contributed by atoms with Gasteiger partial charge in [-0.2, -0.15) is 0 Å². The van der Waals surface area contributed by atoms with Gasteiger partial charge in [-0.05, 0) is 22.0 Å². The van der Waals surface area contributed by atoms with Gasteiger partial charge in [-0.1, -0.05) is 12.1 Å². The van der Waals surface area contributed by atoms with Crippen molar-refractivity contribution < 1.29 is 13.9 Å². The Labute approximate surface area is 88.8 Å². The maximum absolute atomic E-state index is 9.92. The van der Waals surface area contributed by atoms with Crippen molar-refractivity contribution in [2.75, 3.05) is 0 Å². The minimum Gasteiger partial charge on any atom is -0.463 e. The molecular weight excluding hydrogens is 248 g/mol. The van der Waals surface area contributed by atoms with E-state index in [4.69, 9.17) is 4.42 Å². The number of rotatable bonds is 3. The summed E-state index contributed by atoms with van der Waals surface area (Å²) < 4.78 is 10.8. The summed E-state index contributed by atoms with van der Waals surface area (Å²) in [6.45, 7) is 1.57. The molecular formula is C10H6BrO3. The molecule has 0 amide bonds. The Morgan fingerprint density at radius 2 is 2.36 bits per heavy atom. The molecule has 0 unspecified atom stereocenters. The molecule has 1 aromatic carbocycles. The van der Waals surface area contributed by atoms with E-state index in [1.165, 1.54) is 6.47 Å². The summed E-state index contributed by atoms with van der Waals surface area (Å²) in [5.41, 5.74) is 1.60. The number of furan rings is 1. The Bertz CT molecular complexity index is 461. The summed E-state index contributed by atoms with van der Waals surface area (Å²) in [4.78, 5) is 9.92. The van der Waals surface area contributed by atoms with Crippen LogP contribution >= 0.6 is 15.9 Å². The van der Waals surface area contributed by atoms with E-state index in [1.54, 1.807) is 6.26 Å². The molecule has 2 rings (SSSR count). The van der Waals surface area contributed by atoms with Crippen molar-refractivity contribution >= 4 is 33.4 Å². The van der Waals surface area contributed by atoms with Crippen molar-refractivity contribution in [3.63, 3.8) is 0 Å². The molecule has 0 aliphatic rings. The van der Waals surface area contributed by atoms with Gasteiger partial charge in [0, 0.05) is 10.9 Å². The van der Waals surface area contributed by atoms with Crippen LogP contribution in [0.25, 0.3) is 11.0 Å². The number of hydrogen-bond donors (Lipinski definition) is 0. The van der Waals surface area contributed by atoms with Crippen molar-refractivity contribution in [3.05, 3.63) is 34.5 Å². The van der Waals surface area contributed by atoms with Crippen LogP contribution < -0.4 is 0 Å². The van der Waals surface area contributed by atoms with E-state index in [0.717, 1.165) is 21.0 Å². The summed E-state index contributed by atoms with van der Waals surface area (Å²) in [5, 5.41) is 0.939. The lowest BCUT2D eigenvalue weighted by atomic mass is 10.2. The van der Waals surface area contributed by atoms with Gasteiger partial charge < -0.3 is 9.15 Å². The quantitative estimate of drug-likeness (QED) is 0.845. The van der Waals surface area contributed by atoms with Gasteiger partial charge in [0.25, 0.3) is 0 Å². The van der Waals surface area contributed by atoms with E-state index in [1.807, 2.05) is 18.2 Å². The van der Waals surface area contributed by atoms with Crippen LogP contribution in [0.15, 0.2) is 33.4 Å². The van der Waals surface area contributed by atoms with Crippen molar-refractivity contribution in [2.45, 2.75) is 6.61 Å². The molecule has 0 fully saturated rings. The fourth-order valence-electron chi connectivity index (χ4n) is 1.29. The molecule has 14 heavy (non-hydrogen) atoms. The molecule has 4 heteroatoms. The number of fused-ring (bicyclic) bond motifs is 1. The average molecular weight is 254 g/mol. The highest BCUT2D eigenvalue weighted by atomic mass is 79.9. The summed E-state index contributed by atoms with van der Waals surface area (Å²) in [6.07, 6.45) is 1.58. The smallest absolute Gasteiger partial charge is 0.417 e. The van der Waals surface area contributed by atoms with Gasteiger partial charge in [0.2, 0.25) is 0 Å². The van der Waals surface area contributed by atoms with Crippen LogP contribution in [0.3, 0.4) is 0 Å². The largest absolute Gasteiger partial charge is 0.463 e. The number of halogens is 1. The maximum Gasteiger partial charge on any atom is 0.417 e. The van der Waals surface area contributed by atoms with Crippen LogP contribution in [-0.4, -0.2) is 6.47 Å². The molecule has 0 aliphatic heterocycles. The van der Waals surface area contributed by atoms with Crippen LogP contribution in [0, 0.1) is 0 Å². The van der Waals surface area contributed by atoms with E-state index in [2.05, 4.69) is 20.7 Å². The predicted octanol–water partition coefficient (Wildman–Crippen LogP) is 2.78. The molecule has 3 nitrogen and oxygen atoms in total. The first kappa shape index (κ1) is 9.27. The van der Waals surface area contributed by atoms with Gasteiger partial charge in [-0.3, -0.25) is 0 Å². The summed E-state index contributed by atoms with van der Waals surface area (Å²) in [7, 11) is 0. The third-order valence-corrected chi connectivity index (χ3v) is 2.54. The highest BCUT2D eigenvalue weighted by Crippen LogP contribution is 2.28. The van der Waals surface area contributed by atoms with Crippen molar-refractivity contribution in [2.24, 2.45) is 0 Å². The third-order valence-electron chi connectivity index (χ3n) is 1.92. The average Bonchev–Trinajstić information content (AvgIpc) is 2.60. The zero-order valence-corrected chi connectivity index (χ0v) is 8.71. The normalized spacial score (nSPS) is 10.4. The second-order valence-electron chi connectivity index (χ2n) is 2.75. The van der Waals surface area contributed by atoms with Crippen molar-refractivity contribution in [1.82, 2.24) is 0 Å². The third kappa shape index (κ3) is 1.53. The lowest BCUT2D eigenvalue weighted by Crippen LogP contribution is -1.87. The summed E-state index contributed by atoms with van der Waals surface area (Å²) in [5.74, 6) is 0. The zero-order chi connectivity index (χ0) is 9.97. The molecule has 0 aliphatic carbocycles. The SMILES string of the molecule is O=[C]OCc1coc2c(Br)cccc12. The Kier molecular flexibility index (Phi) is 2.54. The first-order valence-corrected chi connectivity index (χ1v) is 4.75. The van der Waals surface area contributed by atoms with Crippen molar-refractivity contribution in [3.8, 4) is 0 Å². The zero-order valence-electron chi connectivity index (χ0n) is 7.12. The van der Waals surface area contributed by atoms with Crippen LogP contribution in [-0.2, 0) is 16.1 Å². The van der Waals surface area contributed by atoms with Crippen LogP contribution in [0.4, 0.5) is 0 Å². The van der Waals surface area contributed by atoms with Gasteiger partial charge in [-0.25, -0.2) is 4.79 Å². The number of para-hydroxylation sites is 1. The predicted molar refractivity (Wildman–Crippen MR) is 54.4 cm³/mol. The number of ether oxygens (including phenoxy) is 1. The maximum atomic E-state index is 9.92. The van der Waals surface area contributed by atoms with E-state index < -0.39 is 0 Å². The van der Waals surface area contributed by atoms with Gasteiger partial charge in [0.1, 0.15) is 12.2 Å². The lowest BCUT2D eigenvalue weighted by Gasteiger charge is -1.95. The molecule has 0 bridgehead atoms. The van der Waals surface area contributed by atoms with Gasteiger partial charge in [-0.15, -0.1) is 0 Å². The number of hydrogen-bond acceptors (Lipinski definition) is 3. The summed E-state index contributed by atoms with van der Waals surface area (Å²) >= 11 is 3.37. The summed E-state index contributed by atoms with van der Waals surface area (Å²) in [6, 6.07) is 5.70. The van der Waals surface area contributed by atoms with Crippen LogP contribution in [0.1, 0.15) is 5.56 Å². The van der Waals surface area contributed by atoms with Crippen LogP contribution in [0.5, 0.6) is 0 Å². The Hall–Kier alpha value is -1.29. The van der Waals surface area contributed by atoms with Gasteiger partial charge in [0.15, 0.2) is 0 Å². The molecule has 0 saturated carbocycles. The molecule has 2 aromatic rings. The van der Waals surface area contributed by atoms with E-state index >= 15 is 0 Å². The highest BCUT2D eigenvalue weighted by Gasteiger charge is 2.08. The molecule has 0 atom stereocenters. The second-order valence-corrected chi connectivity index (χ2v) is 3.60. The molecule has 1 aromatic heterocycles. The highest BCUT2D eigenvalue weighted by molar-refractivity contribution is 9.10. The van der Waals surface area contributed by atoms with E-state index in [9.17, 15) is 4.79 Å². The fourth-order valence-corrected chi connectivity index (χ4v) is 1.75. The fraction of sp³-hybridized carbons (Fsp3) is 0.100. The molecule has 71 valence electrons. The minimum absolute atomic E-state index is 0.187. The Morgan fingerprint density at radius 1 is 1.50 bits per heavy atom. The minimum atomic E-state index is 0.187. The number of carbonyl (C=O) groups excluding carboxylic acids is 1. The molecule has 0 spiro atoms.